The highest BCUT2D eigenvalue weighted by Crippen LogP contribution is 2.53. The van der Waals surface area contributed by atoms with Crippen molar-refractivity contribution in [3.05, 3.63) is 72.3 Å². The number of nitrogens with zero attached hydrogens (tertiary/aromatic N) is 2. The number of halogens is 6. The van der Waals surface area contributed by atoms with Crippen LogP contribution >= 0.6 is 11.8 Å². The lowest BCUT2D eigenvalue weighted by molar-refractivity contribution is -0.274. The van der Waals surface area contributed by atoms with Gasteiger partial charge in [-0.05, 0) is 48.5 Å². The normalized spacial score (nSPS) is 22.3. The molecule has 1 fully saturated rings. The lowest BCUT2D eigenvalue weighted by Crippen LogP contribution is -2.64. The van der Waals surface area contributed by atoms with E-state index in [-0.39, 0.29) is 28.6 Å². The predicted octanol–water partition coefficient (Wildman–Crippen LogP) is 5.57. The summed E-state index contributed by atoms with van der Waals surface area (Å²) in [5, 5.41) is 14.7. The molecule has 0 amide bonds. The first-order valence-corrected chi connectivity index (χ1v) is 14.6. The fourth-order valence-electron chi connectivity index (χ4n) is 4.89. The Morgan fingerprint density at radius 2 is 1.68 bits per heavy atom. The number of fused-ring (bicyclic) bond motifs is 2. The van der Waals surface area contributed by atoms with E-state index in [1.165, 1.54) is 25.2 Å². The highest BCUT2D eigenvalue weighted by atomic mass is 32.2. The molecule has 2 aliphatic rings. The molecule has 0 bridgehead atoms. The maximum absolute atomic E-state index is 13.9. The predicted molar refractivity (Wildman–Crippen MR) is 142 cm³/mol. The van der Waals surface area contributed by atoms with Crippen LogP contribution in [0.3, 0.4) is 0 Å². The van der Waals surface area contributed by atoms with Crippen LogP contribution in [-0.2, 0) is 16.1 Å². The monoisotopic (exact) mass is 618 g/mol. The second-order valence-corrected chi connectivity index (χ2v) is 12.4. The van der Waals surface area contributed by atoms with Gasteiger partial charge in [0.25, 0.3) is 0 Å². The molecule has 4 unspecified atom stereocenters. The summed E-state index contributed by atoms with van der Waals surface area (Å²) in [6.07, 6.45) is -10.7. The van der Waals surface area contributed by atoms with Crippen molar-refractivity contribution in [3.8, 4) is 5.75 Å². The summed E-state index contributed by atoms with van der Waals surface area (Å²) in [5.74, 6) is -0.503. The Bertz CT molecular complexity index is 1540. The molecule has 3 aromatic carbocycles. The van der Waals surface area contributed by atoms with Crippen molar-refractivity contribution < 1.29 is 40.4 Å². The zero-order chi connectivity index (χ0) is 29.6. The molecule has 15 heteroatoms. The van der Waals surface area contributed by atoms with Gasteiger partial charge in [0.1, 0.15) is 15.7 Å². The molecule has 0 aliphatic carbocycles. The molecule has 0 radical (unpaired) electrons. The van der Waals surface area contributed by atoms with Crippen molar-refractivity contribution in [2.45, 2.75) is 45.4 Å². The third kappa shape index (κ3) is 6.00. The molecule has 3 N–H and O–H groups in total. The molecule has 7 nitrogen and oxygen atoms in total. The Morgan fingerprint density at radius 1 is 1.00 bits per heavy atom. The first-order valence-electron chi connectivity index (χ1n) is 12.2. The van der Waals surface area contributed by atoms with Crippen LogP contribution in [0.4, 0.5) is 37.7 Å². The number of hydrogen-bond acceptors (Lipinski definition) is 7. The molecule has 41 heavy (non-hydrogen) atoms. The Balaban J connectivity index is 1.47. The van der Waals surface area contributed by atoms with Crippen LogP contribution in [0, 0.1) is 0 Å². The number of anilines is 2. The Hall–Kier alpha value is -2.98. The fourth-order valence-corrected chi connectivity index (χ4v) is 7.69. The van der Waals surface area contributed by atoms with Gasteiger partial charge in [-0.15, -0.1) is 13.2 Å². The largest absolute Gasteiger partial charge is 0.573 e. The van der Waals surface area contributed by atoms with Crippen LogP contribution in [0.25, 0.3) is 0 Å². The molecular weight excluding hydrogens is 594 g/mol. The lowest BCUT2D eigenvalue weighted by atomic mass is 9.96. The number of aliphatic hydroxyl groups excluding tert-OH is 1. The Morgan fingerprint density at radius 3 is 2.34 bits per heavy atom. The average molecular weight is 619 g/mol. The second-order valence-electron chi connectivity index (χ2n) is 9.26. The molecule has 2 heterocycles. The molecular formula is C26H24F6N4O3S2. The number of aliphatic hydroxyl groups is 1. The standard InChI is InChI=1S/C26H24F6N4O3S2/c1-33-41(38,16-11-9-15(10-12-16)39-26(30,31)32)35-18-13-34-14-21(23(18)37)36-19-6-2-3-8-22(19)40-24-17(25(27,28)29)5-4-7-20(24)36/h2-12,18,21,23,34,37H,13-14H2,1H3,(H,33,35,38). The second kappa shape index (κ2) is 11.0. The number of hydrogen-bond donors (Lipinski definition) is 3. The van der Waals surface area contributed by atoms with Crippen LogP contribution in [0.15, 0.2) is 85.8 Å². The van der Waals surface area contributed by atoms with Gasteiger partial charge in [-0.2, -0.15) is 13.2 Å². The lowest BCUT2D eigenvalue weighted by Gasteiger charge is -2.45. The summed E-state index contributed by atoms with van der Waals surface area (Å²) in [5.41, 5.74) is 0.0892. The molecule has 5 rings (SSSR count). The van der Waals surface area contributed by atoms with Gasteiger partial charge >= 0.3 is 12.5 Å². The van der Waals surface area contributed by atoms with Crippen LogP contribution in [-0.4, -0.2) is 54.0 Å². The van der Waals surface area contributed by atoms with Crippen LogP contribution in [0.5, 0.6) is 5.75 Å². The van der Waals surface area contributed by atoms with Gasteiger partial charge in [-0.25, -0.2) is 13.3 Å². The number of rotatable bonds is 5. The average Bonchev–Trinajstić information content (AvgIpc) is 2.91. The number of nitrogens with one attached hydrogen (secondary N) is 2. The maximum atomic E-state index is 13.9. The summed E-state index contributed by atoms with van der Waals surface area (Å²) in [6, 6.07) is 13.5. The Kier molecular flexibility index (Phi) is 7.93. The van der Waals surface area contributed by atoms with Gasteiger partial charge in [0.15, 0.2) is 0 Å². The fraction of sp³-hybridized carbons (Fsp3) is 0.308. The maximum Gasteiger partial charge on any atom is 0.573 e. The van der Waals surface area contributed by atoms with Gasteiger partial charge in [-0.1, -0.05) is 30.0 Å². The van der Waals surface area contributed by atoms with Crippen molar-refractivity contribution in [1.82, 2.24) is 10.0 Å². The minimum Gasteiger partial charge on any atom is -0.406 e. The first kappa shape index (κ1) is 29.5. The van der Waals surface area contributed by atoms with Crippen LogP contribution < -0.4 is 19.7 Å². The Labute approximate surface area is 236 Å². The van der Waals surface area contributed by atoms with Crippen molar-refractivity contribution in [2.75, 3.05) is 25.0 Å². The highest BCUT2D eigenvalue weighted by Gasteiger charge is 2.43. The van der Waals surface area contributed by atoms with Crippen molar-refractivity contribution in [1.29, 1.82) is 0 Å². The molecule has 0 saturated carbocycles. The third-order valence-electron chi connectivity index (χ3n) is 6.70. The van der Waals surface area contributed by atoms with E-state index in [9.17, 15) is 35.7 Å². The van der Waals surface area contributed by atoms with E-state index in [1.807, 2.05) is 0 Å². The van der Waals surface area contributed by atoms with Gasteiger partial charge in [0.05, 0.1) is 40.0 Å². The molecule has 2 aliphatic heterocycles. The summed E-state index contributed by atoms with van der Waals surface area (Å²) in [4.78, 5) is 2.31. The van der Waals surface area contributed by atoms with Crippen LogP contribution in [0.1, 0.15) is 5.56 Å². The number of piperidine rings is 1. The van der Waals surface area contributed by atoms with E-state index in [4.69, 9.17) is 0 Å². The zero-order valence-corrected chi connectivity index (χ0v) is 22.9. The van der Waals surface area contributed by atoms with Crippen LogP contribution in [0.2, 0.25) is 0 Å². The quantitative estimate of drug-likeness (QED) is 0.325. The van der Waals surface area contributed by atoms with Crippen molar-refractivity contribution >= 4 is 33.1 Å². The van der Waals surface area contributed by atoms with E-state index in [0.717, 1.165) is 30.0 Å². The van der Waals surface area contributed by atoms with E-state index in [1.54, 1.807) is 35.2 Å². The highest BCUT2D eigenvalue weighted by molar-refractivity contribution is 7.99. The van der Waals surface area contributed by atoms with E-state index in [0.29, 0.717) is 10.6 Å². The molecule has 0 aromatic heterocycles. The summed E-state index contributed by atoms with van der Waals surface area (Å²) in [7, 11) is -2.17. The molecule has 3 aromatic rings. The summed E-state index contributed by atoms with van der Waals surface area (Å²) in [6.45, 7) is 0.334. The van der Waals surface area contributed by atoms with E-state index in [2.05, 4.69) is 19.1 Å². The third-order valence-corrected chi connectivity index (χ3v) is 9.94. The summed E-state index contributed by atoms with van der Waals surface area (Å²) < 4.78 is 104. The SMILES string of the molecule is CN=S(=O)(NC1CNCC(N2c3ccccc3Sc3c2cccc3C(F)(F)F)C1O)c1ccc(OC(F)(F)F)cc1. The molecule has 220 valence electrons. The molecule has 0 spiro atoms. The number of benzene rings is 3. The number of para-hydroxylation sites is 1. The zero-order valence-electron chi connectivity index (χ0n) is 21.2. The summed E-state index contributed by atoms with van der Waals surface area (Å²) >= 11 is 1.00. The van der Waals surface area contributed by atoms with E-state index >= 15 is 0 Å². The van der Waals surface area contributed by atoms with Gasteiger partial charge < -0.3 is 20.1 Å². The minimum absolute atomic E-state index is 0.00880. The van der Waals surface area contributed by atoms with Gasteiger partial charge in [-0.3, -0.25) is 0 Å². The number of alkyl halides is 6. The van der Waals surface area contributed by atoms with Crippen molar-refractivity contribution in [2.24, 2.45) is 4.36 Å². The smallest absolute Gasteiger partial charge is 0.406 e. The van der Waals surface area contributed by atoms with E-state index < -0.39 is 52.0 Å². The minimum atomic E-state index is -4.89. The topological polar surface area (TPSA) is 86.2 Å². The molecule has 1 saturated heterocycles. The van der Waals surface area contributed by atoms with Gasteiger partial charge in [0, 0.05) is 29.9 Å². The first-order chi connectivity index (χ1) is 19.3. The van der Waals surface area contributed by atoms with Crippen molar-refractivity contribution in [3.63, 3.8) is 0 Å². The molecule has 4 atom stereocenters. The number of ether oxygens (including phenoxy) is 1. The van der Waals surface area contributed by atoms with Gasteiger partial charge in [0.2, 0.25) is 0 Å².